The number of nitrogens with zero attached hydrogens (tertiary/aromatic N) is 5. The summed E-state index contributed by atoms with van der Waals surface area (Å²) >= 11 is 0.860. The van der Waals surface area contributed by atoms with Gasteiger partial charge in [0.25, 0.3) is 5.91 Å². The molecule has 1 unspecified atom stereocenters. The van der Waals surface area contributed by atoms with Crippen molar-refractivity contribution in [3.63, 3.8) is 0 Å². The van der Waals surface area contributed by atoms with Gasteiger partial charge in [0.15, 0.2) is 15.7 Å². The predicted octanol–water partition coefficient (Wildman–Crippen LogP) is 5.32. The normalized spacial score (nSPS) is 20.6. The van der Waals surface area contributed by atoms with Crippen LogP contribution in [-0.2, 0) is 23.1 Å². The largest absolute Gasteiger partial charge is 0.433 e. The van der Waals surface area contributed by atoms with Gasteiger partial charge in [-0.05, 0) is 48.6 Å². The molecule has 12 heteroatoms. The van der Waals surface area contributed by atoms with Gasteiger partial charge in [0.1, 0.15) is 11.4 Å². The first-order valence-electron chi connectivity index (χ1n) is 12.2. The fraction of sp³-hybridized carbons (Fsp3) is 0.385. The number of aromatic nitrogens is 4. The Hall–Kier alpha value is -3.38. The van der Waals surface area contributed by atoms with Crippen molar-refractivity contribution in [3.05, 3.63) is 64.9 Å². The van der Waals surface area contributed by atoms with Crippen LogP contribution in [0.5, 0.6) is 0 Å². The lowest BCUT2D eigenvalue weighted by Crippen LogP contribution is -2.46. The van der Waals surface area contributed by atoms with Crippen LogP contribution in [0.3, 0.4) is 0 Å². The Bertz CT molecular complexity index is 1500. The van der Waals surface area contributed by atoms with E-state index in [1.165, 1.54) is 17.0 Å². The molecule has 1 amide bonds. The van der Waals surface area contributed by atoms with Crippen LogP contribution in [-0.4, -0.2) is 56.9 Å². The van der Waals surface area contributed by atoms with Crippen LogP contribution in [0.2, 0.25) is 0 Å². The minimum Gasteiger partial charge on any atom is -0.381 e. The van der Waals surface area contributed by atoms with Gasteiger partial charge in [0.2, 0.25) is 0 Å². The van der Waals surface area contributed by atoms with Gasteiger partial charge in [0, 0.05) is 36.3 Å². The molecule has 0 saturated carbocycles. The SMILES string of the molecule is O=C(c1ccc2ccn(CC3COC3)c2c1)N1CCCC(F)(c2nnc(-c3cccc(C(F)(F)F)n3)s2)C1. The van der Waals surface area contributed by atoms with Crippen LogP contribution in [0.1, 0.15) is 33.9 Å². The Labute approximate surface area is 219 Å². The highest BCUT2D eigenvalue weighted by Crippen LogP contribution is 2.40. The highest BCUT2D eigenvalue weighted by atomic mass is 32.1. The first kappa shape index (κ1) is 24.9. The Kier molecular flexibility index (Phi) is 6.18. The first-order chi connectivity index (χ1) is 18.2. The summed E-state index contributed by atoms with van der Waals surface area (Å²) in [5, 5.41) is 9.00. The molecule has 2 saturated heterocycles. The van der Waals surface area contributed by atoms with Crippen molar-refractivity contribution in [1.29, 1.82) is 0 Å². The fourth-order valence-corrected chi connectivity index (χ4v) is 5.82. The summed E-state index contributed by atoms with van der Waals surface area (Å²) in [5.74, 6) is 0.166. The second-order valence-electron chi connectivity index (χ2n) is 9.76. The van der Waals surface area contributed by atoms with Crippen molar-refractivity contribution < 1.29 is 27.1 Å². The molecule has 6 rings (SSSR count). The van der Waals surface area contributed by atoms with Gasteiger partial charge >= 0.3 is 6.18 Å². The number of benzene rings is 1. The summed E-state index contributed by atoms with van der Waals surface area (Å²) in [4.78, 5) is 18.5. The lowest BCUT2D eigenvalue weighted by molar-refractivity contribution is -0.141. The van der Waals surface area contributed by atoms with Crippen molar-refractivity contribution in [2.75, 3.05) is 26.3 Å². The highest BCUT2D eigenvalue weighted by molar-refractivity contribution is 7.14. The molecular weight excluding hydrogens is 522 g/mol. The smallest absolute Gasteiger partial charge is 0.381 e. The number of ether oxygens (including phenoxy) is 1. The quantitative estimate of drug-likeness (QED) is 0.318. The summed E-state index contributed by atoms with van der Waals surface area (Å²) in [6, 6.07) is 11.0. The Morgan fingerprint density at radius 3 is 2.76 bits per heavy atom. The van der Waals surface area contributed by atoms with Crippen LogP contribution in [0.25, 0.3) is 21.6 Å². The number of fused-ring (bicyclic) bond motifs is 1. The number of rotatable bonds is 5. The monoisotopic (exact) mass is 545 g/mol. The molecule has 1 atom stereocenters. The lowest BCUT2D eigenvalue weighted by atomic mass is 9.94. The summed E-state index contributed by atoms with van der Waals surface area (Å²) in [6.45, 7) is 2.43. The van der Waals surface area contributed by atoms with E-state index in [1.807, 2.05) is 24.4 Å². The maximum atomic E-state index is 16.2. The standard InChI is InChI=1S/C26H23F4N5O2S/c27-25(24-33-32-22(38-24)19-3-1-4-21(31-19)26(28,29)30)8-2-9-35(15-25)23(36)18-6-5-17-7-10-34(20(17)11-18)12-16-13-37-14-16/h1,3-7,10-11,16H,2,8-9,12-15H2. The molecule has 0 radical (unpaired) electrons. The molecule has 0 N–H and O–H groups in total. The summed E-state index contributed by atoms with van der Waals surface area (Å²) < 4.78 is 62.8. The number of pyridine rings is 1. The van der Waals surface area contributed by atoms with E-state index >= 15 is 4.39 Å². The second-order valence-corrected chi connectivity index (χ2v) is 10.7. The number of alkyl halides is 4. The van der Waals surface area contributed by atoms with E-state index in [4.69, 9.17) is 4.74 Å². The van der Waals surface area contributed by atoms with E-state index in [9.17, 15) is 18.0 Å². The van der Waals surface area contributed by atoms with Gasteiger partial charge in [-0.25, -0.2) is 9.37 Å². The zero-order chi connectivity index (χ0) is 26.5. The third-order valence-electron chi connectivity index (χ3n) is 6.98. The van der Waals surface area contributed by atoms with Crippen LogP contribution < -0.4 is 0 Å². The Balaban J connectivity index is 1.22. The van der Waals surface area contributed by atoms with E-state index in [0.29, 0.717) is 24.4 Å². The van der Waals surface area contributed by atoms with Crippen LogP contribution >= 0.6 is 11.3 Å². The molecule has 1 aromatic carbocycles. The van der Waals surface area contributed by atoms with Crippen LogP contribution in [0, 0.1) is 5.92 Å². The highest BCUT2D eigenvalue weighted by Gasteiger charge is 2.42. The van der Waals surface area contributed by atoms with E-state index in [0.717, 1.165) is 48.1 Å². The molecule has 38 heavy (non-hydrogen) atoms. The van der Waals surface area contributed by atoms with Gasteiger partial charge in [0.05, 0.1) is 19.8 Å². The average molecular weight is 546 g/mol. The molecule has 2 fully saturated rings. The van der Waals surface area contributed by atoms with Crippen molar-refractivity contribution >= 4 is 28.1 Å². The van der Waals surface area contributed by atoms with Crippen molar-refractivity contribution in [1.82, 2.24) is 24.6 Å². The number of amides is 1. The zero-order valence-corrected chi connectivity index (χ0v) is 20.9. The molecule has 0 aliphatic carbocycles. The number of piperidine rings is 1. The van der Waals surface area contributed by atoms with Crippen LogP contribution in [0.4, 0.5) is 17.6 Å². The minimum atomic E-state index is -4.61. The Morgan fingerprint density at radius 1 is 1.16 bits per heavy atom. The number of carbonyl (C=O) groups is 1. The summed E-state index contributed by atoms with van der Waals surface area (Å²) in [7, 11) is 0. The van der Waals surface area contributed by atoms with Gasteiger partial charge < -0.3 is 14.2 Å². The Morgan fingerprint density at radius 2 is 2.00 bits per heavy atom. The molecule has 2 aliphatic heterocycles. The molecule has 0 bridgehead atoms. The summed E-state index contributed by atoms with van der Waals surface area (Å²) in [5.41, 5.74) is -1.63. The molecule has 4 aromatic rings. The predicted molar refractivity (Wildman–Crippen MR) is 132 cm³/mol. The van der Waals surface area contributed by atoms with Crippen molar-refractivity contribution in [3.8, 4) is 10.7 Å². The number of likely N-dealkylation sites (tertiary alicyclic amines) is 1. The number of halogens is 4. The maximum absolute atomic E-state index is 16.2. The van der Waals surface area contributed by atoms with Gasteiger partial charge in [-0.15, -0.1) is 10.2 Å². The zero-order valence-electron chi connectivity index (χ0n) is 20.1. The number of carbonyl (C=O) groups excluding carboxylic acids is 1. The molecule has 3 aromatic heterocycles. The van der Waals surface area contributed by atoms with Gasteiger partial charge in [-0.3, -0.25) is 4.79 Å². The number of hydrogen-bond donors (Lipinski definition) is 0. The second kappa shape index (κ2) is 9.42. The number of hydrogen-bond acceptors (Lipinski definition) is 6. The first-order valence-corrected chi connectivity index (χ1v) is 13.0. The van der Waals surface area contributed by atoms with Crippen molar-refractivity contribution in [2.24, 2.45) is 5.92 Å². The third kappa shape index (κ3) is 4.66. The van der Waals surface area contributed by atoms with E-state index in [2.05, 4.69) is 19.7 Å². The van der Waals surface area contributed by atoms with E-state index in [-0.39, 0.29) is 34.6 Å². The molecule has 7 nitrogen and oxygen atoms in total. The molecule has 0 spiro atoms. The third-order valence-corrected chi connectivity index (χ3v) is 8.10. The molecule has 2 aliphatic rings. The van der Waals surface area contributed by atoms with E-state index in [1.54, 1.807) is 6.07 Å². The van der Waals surface area contributed by atoms with E-state index < -0.39 is 17.5 Å². The molecule has 198 valence electrons. The lowest BCUT2D eigenvalue weighted by Gasteiger charge is -2.36. The van der Waals surface area contributed by atoms with Gasteiger partial charge in [-0.2, -0.15) is 13.2 Å². The minimum absolute atomic E-state index is 0.0243. The average Bonchev–Trinajstić information content (AvgIpc) is 3.53. The van der Waals surface area contributed by atoms with Crippen LogP contribution in [0.15, 0.2) is 48.7 Å². The van der Waals surface area contributed by atoms with Gasteiger partial charge in [-0.1, -0.05) is 23.5 Å². The molecular formula is C26H23F4N5O2S. The van der Waals surface area contributed by atoms with Crippen molar-refractivity contribution in [2.45, 2.75) is 31.2 Å². The maximum Gasteiger partial charge on any atom is 0.433 e. The topological polar surface area (TPSA) is 73.1 Å². The fourth-order valence-electron chi connectivity index (χ4n) is 4.90. The summed E-state index contributed by atoms with van der Waals surface area (Å²) in [6.07, 6.45) is -2.06. The molecule has 5 heterocycles.